The summed E-state index contributed by atoms with van der Waals surface area (Å²) in [6, 6.07) is 26.3. The van der Waals surface area contributed by atoms with Crippen LogP contribution in [-0.4, -0.2) is 41.5 Å². The van der Waals surface area contributed by atoms with Crippen molar-refractivity contribution in [3.8, 4) is 6.07 Å². The molecule has 1 fully saturated rings. The first-order chi connectivity index (χ1) is 16.2. The average molecular weight is 439 g/mol. The van der Waals surface area contributed by atoms with Crippen molar-refractivity contribution >= 4 is 5.91 Å². The third kappa shape index (κ3) is 6.50. The first-order valence-electron chi connectivity index (χ1n) is 11.7. The third-order valence-corrected chi connectivity index (χ3v) is 6.38. The van der Waals surface area contributed by atoms with Crippen LogP contribution in [0.15, 0.2) is 79.0 Å². The quantitative estimate of drug-likeness (QED) is 0.569. The zero-order valence-electron chi connectivity index (χ0n) is 18.9. The summed E-state index contributed by atoms with van der Waals surface area (Å²) < 4.78 is 0. The van der Waals surface area contributed by atoms with E-state index in [9.17, 15) is 4.79 Å². The molecule has 0 aliphatic carbocycles. The summed E-state index contributed by atoms with van der Waals surface area (Å²) in [5.41, 5.74) is 3.98. The molecule has 1 aliphatic heterocycles. The Labute approximate surface area is 196 Å². The smallest absolute Gasteiger partial charge is 0.224 e. The molecule has 1 unspecified atom stereocenters. The molecule has 1 amide bonds. The zero-order chi connectivity index (χ0) is 22.9. The van der Waals surface area contributed by atoms with Crippen molar-refractivity contribution in [2.45, 2.75) is 37.6 Å². The molecule has 1 saturated heterocycles. The van der Waals surface area contributed by atoms with Gasteiger partial charge in [-0.15, -0.1) is 0 Å². The highest BCUT2D eigenvalue weighted by atomic mass is 16.1. The molecule has 3 aromatic rings. The number of hydrogen-bond donors (Lipinski definition) is 1. The van der Waals surface area contributed by atoms with Crippen molar-refractivity contribution in [3.05, 3.63) is 101 Å². The van der Waals surface area contributed by atoms with E-state index in [4.69, 9.17) is 5.26 Å². The van der Waals surface area contributed by atoms with Gasteiger partial charge in [0.15, 0.2) is 0 Å². The topological polar surface area (TPSA) is 69.0 Å². The maximum Gasteiger partial charge on any atom is 0.224 e. The van der Waals surface area contributed by atoms with Crippen LogP contribution in [-0.2, 0) is 11.2 Å². The Morgan fingerprint density at radius 2 is 1.76 bits per heavy atom. The highest BCUT2D eigenvalue weighted by Gasteiger charge is 2.22. The lowest BCUT2D eigenvalue weighted by Crippen LogP contribution is -2.45. The van der Waals surface area contributed by atoms with Crippen LogP contribution in [0.5, 0.6) is 0 Å². The number of carbonyl (C=O) groups excluding carboxylic acids is 1. The second-order valence-electron chi connectivity index (χ2n) is 8.68. The molecule has 168 valence electrons. The molecular formula is C28H30N4O. The van der Waals surface area contributed by atoms with Gasteiger partial charge in [-0.05, 0) is 61.2 Å². The average Bonchev–Trinajstić information content (AvgIpc) is 2.87. The van der Waals surface area contributed by atoms with Crippen LogP contribution < -0.4 is 5.32 Å². The number of carbonyl (C=O) groups is 1. The number of nitrogens with one attached hydrogen (secondary N) is 1. The summed E-state index contributed by atoms with van der Waals surface area (Å²) in [5.74, 6) is 0.342. The Morgan fingerprint density at radius 3 is 2.42 bits per heavy atom. The fourth-order valence-corrected chi connectivity index (χ4v) is 4.53. The number of piperidine rings is 1. The number of amides is 1. The maximum absolute atomic E-state index is 12.4. The number of nitriles is 1. The molecule has 1 aliphatic rings. The van der Waals surface area contributed by atoms with Gasteiger partial charge in [0.05, 0.1) is 18.1 Å². The van der Waals surface area contributed by atoms with E-state index in [2.05, 4.69) is 63.7 Å². The number of hydrogen-bond acceptors (Lipinski definition) is 4. The second-order valence-corrected chi connectivity index (χ2v) is 8.68. The van der Waals surface area contributed by atoms with Crippen LogP contribution >= 0.6 is 0 Å². The monoisotopic (exact) mass is 438 g/mol. The highest BCUT2D eigenvalue weighted by molar-refractivity contribution is 5.78. The van der Waals surface area contributed by atoms with E-state index >= 15 is 0 Å². The first-order valence-corrected chi connectivity index (χ1v) is 11.7. The van der Waals surface area contributed by atoms with Gasteiger partial charge in [-0.2, -0.15) is 5.26 Å². The maximum atomic E-state index is 12.4. The number of benzene rings is 2. The van der Waals surface area contributed by atoms with E-state index < -0.39 is 0 Å². The molecule has 1 N–H and O–H groups in total. The van der Waals surface area contributed by atoms with Crippen molar-refractivity contribution < 1.29 is 4.79 Å². The van der Waals surface area contributed by atoms with Crippen molar-refractivity contribution in [3.63, 3.8) is 0 Å². The standard InChI is InChI=1S/C28H30N4O/c29-21-23-11-9-22(10-12-23)20-28(33)31-25-13-17-32(18-14-25)19-15-26(24-6-2-1-3-7-24)27-8-4-5-16-30-27/h1-12,16,25-26H,13-15,17-20H2,(H,31,33). The minimum Gasteiger partial charge on any atom is -0.353 e. The van der Waals surface area contributed by atoms with E-state index in [1.807, 2.05) is 24.4 Å². The predicted octanol–water partition coefficient (Wildman–Crippen LogP) is 4.30. The number of nitrogens with zero attached hydrogens (tertiary/aromatic N) is 3. The Balaban J connectivity index is 1.25. The fraction of sp³-hybridized carbons (Fsp3) is 0.321. The molecule has 2 heterocycles. The molecule has 33 heavy (non-hydrogen) atoms. The van der Waals surface area contributed by atoms with Crippen molar-refractivity contribution in [2.24, 2.45) is 0 Å². The van der Waals surface area contributed by atoms with Crippen LogP contribution in [0.4, 0.5) is 0 Å². The number of rotatable bonds is 8. The normalized spacial score (nSPS) is 15.5. The highest BCUT2D eigenvalue weighted by Crippen LogP contribution is 2.27. The van der Waals surface area contributed by atoms with E-state index in [1.54, 1.807) is 12.1 Å². The number of likely N-dealkylation sites (tertiary alicyclic amines) is 1. The van der Waals surface area contributed by atoms with Crippen LogP contribution in [0.3, 0.4) is 0 Å². The van der Waals surface area contributed by atoms with Crippen LogP contribution in [0.1, 0.15) is 47.6 Å². The summed E-state index contributed by atoms with van der Waals surface area (Å²) in [6.45, 7) is 3.00. The van der Waals surface area contributed by atoms with E-state index in [1.165, 1.54) is 5.56 Å². The summed E-state index contributed by atoms with van der Waals surface area (Å²) in [7, 11) is 0. The first kappa shape index (κ1) is 22.7. The SMILES string of the molecule is N#Cc1ccc(CC(=O)NC2CCN(CCC(c3ccccc3)c3ccccn3)CC2)cc1. The van der Waals surface area contributed by atoms with Gasteiger partial charge in [-0.1, -0.05) is 48.5 Å². The predicted molar refractivity (Wildman–Crippen MR) is 130 cm³/mol. The minimum absolute atomic E-state index is 0.0532. The Hall–Kier alpha value is -3.49. The van der Waals surface area contributed by atoms with E-state index in [0.717, 1.165) is 50.2 Å². The molecule has 2 aromatic carbocycles. The molecule has 0 saturated carbocycles. The van der Waals surface area contributed by atoms with Gasteiger partial charge >= 0.3 is 0 Å². The van der Waals surface area contributed by atoms with Gasteiger partial charge in [-0.3, -0.25) is 9.78 Å². The molecular weight excluding hydrogens is 408 g/mol. The molecule has 5 nitrogen and oxygen atoms in total. The Kier molecular flexibility index (Phi) is 7.84. The van der Waals surface area contributed by atoms with Gasteiger partial charge in [0.25, 0.3) is 0 Å². The molecule has 0 bridgehead atoms. The molecule has 4 rings (SSSR count). The lowest BCUT2D eigenvalue weighted by molar-refractivity contribution is -0.121. The van der Waals surface area contributed by atoms with Gasteiger partial charge in [0.2, 0.25) is 5.91 Å². The van der Waals surface area contributed by atoms with Crippen LogP contribution in [0.2, 0.25) is 0 Å². The van der Waals surface area contributed by atoms with Gasteiger partial charge in [-0.25, -0.2) is 0 Å². The zero-order valence-corrected chi connectivity index (χ0v) is 18.9. The molecule has 5 heteroatoms. The number of pyridine rings is 1. The lowest BCUT2D eigenvalue weighted by Gasteiger charge is -2.33. The molecule has 0 spiro atoms. The summed E-state index contributed by atoms with van der Waals surface area (Å²) in [6.07, 6.45) is 5.19. The molecule has 1 atom stereocenters. The van der Waals surface area contributed by atoms with Gasteiger partial charge in [0, 0.05) is 36.9 Å². The summed E-state index contributed by atoms with van der Waals surface area (Å²) in [4.78, 5) is 19.6. The minimum atomic E-state index is 0.0532. The van der Waals surface area contributed by atoms with E-state index in [-0.39, 0.29) is 17.9 Å². The molecule has 0 radical (unpaired) electrons. The van der Waals surface area contributed by atoms with Crippen molar-refractivity contribution in [1.82, 2.24) is 15.2 Å². The molecule has 1 aromatic heterocycles. The Bertz CT molecular complexity index is 1010. The Morgan fingerprint density at radius 1 is 1.03 bits per heavy atom. The van der Waals surface area contributed by atoms with Crippen molar-refractivity contribution in [1.29, 1.82) is 5.26 Å². The number of aromatic nitrogens is 1. The third-order valence-electron chi connectivity index (χ3n) is 6.38. The van der Waals surface area contributed by atoms with Crippen LogP contribution in [0.25, 0.3) is 0 Å². The van der Waals surface area contributed by atoms with Gasteiger partial charge < -0.3 is 10.2 Å². The summed E-state index contributed by atoms with van der Waals surface area (Å²) in [5, 5.41) is 12.1. The fourth-order valence-electron chi connectivity index (χ4n) is 4.53. The van der Waals surface area contributed by atoms with Crippen LogP contribution in [0, 0.1) is 11.3 Å². The summed E-state index contributed by atoms with van der Waals surface area (Å²) >= 11 is 0. The van der Waals surface area contributed by atoms with Crippen molar-refractivity contribution in [2.75, 3.05) is 19.6 Å². The second kappa shape index (κ2) is 11.4. The van der Waals surface area contributed by atoms with Gasteiger partial charge in [0.1, 0.15) is 0 Å². The van der Waals surface area contributed by atoms with E-state index in [0.29, 0.717) is 12.0 Å². The largest absolute Gasteiger partial charge is 0.353 e. The lowest BCUT2D eigenvalue weighted by atomic mass is 9.91.